The largest absolute Gasteiger partial charge is 0.348 e. The summed E-state index contributed by atoms with van der Waals surface area (Å²) in [5.41, 5.74) is 4.37. The molecule has 0 unspecified atom stereocenters. The van der Waals surface area contributed by atoms with Gasteiger partial charge in [-0.1, -0.05) is 29.5 Å². The Balaban J connectivity index is 1.39. The standard InChI is InChI=1S/C21H23N3OS/c1-14-4-3-5-17(12-14)22-20(25)16-8-10-24(11-9-16)21-23-18-7-6-15(2)13-19(18)26-21/h3-7,12-13,16H,8-11H2,1-2H3,(H,22,25). The molecule has 1 amide bonds. The second-order valence-corrected chi connectivity index (χ2v) is 8.10. The van der Waals surface area contributed by atoms with E-state index in [4.69, 9.17) is 4.98 Å². The van der Waals surface area contributed by atoms with E-state index in [9.17, 15) is 4.79 Å². The Morgan fingerprint density at radius 2 is 1.88 bits per heavy atom. The van der Waals surface area contributed by atoms with Crippen molar-refractivity contribution in [3.05, 3.63) is 53.6 Å². The zero-order chi connectivity index (χ0) is 18.1. The average molecular weight is 366 g/mol. The van der Waals surface area contributed by atoms with Crippen molar-refractivity contribution < 1.29 is 4.79 Å². The van der Waals surface area contributed by atoms with E-state index >= 15 is 0 Å². The van der Waals surface area contributed by atoms with Crippen molar-refractivity contribution >= 4 is 38.3 Å². The number of carbonyl (C=O) groups excluding carboxylic acids is 1. The number of benzene rings is 2. The van der Waals surface area contributed by atoms with Crippen LogP contribution in [-0.2, 0) is 4.79 Å². The number of thiazole rings is 1. The van der Waals surface area contributed by atoms with Gasteiger partial charge in [0.2, 0.25) is 5.91 Å². The molecule has 3 aromatic rings. The number of carbonyl (C=O) groups is 1. The summed E-state index contributed by atoms with van der Waals surface area (Å²) >= 11 is 1.75. The molecule has 5 heteroatoms. The molecule has 0 atom stereocenters. The van der Waals surface area contributed by atoms with E-state index in [1.54, 1.807) is 11.3 Å². The van der Waals surface area contributed by atoms with Gasteiger partial charge in [-0.2, -0.15) is 0 Å². The molecule has 1 saturated heterocycles. The number of piperidine rings is 1. The highest BCUT2D eigenvalue weighted by atomic mass is 32.1. The van der Waals surface area contributed by atoms with Crippen molar-refractivity contribution in [3.8, 4) is 0 Å². The van der Waals surface area contributed by atoms with Gasteiger partial charge in [-0.15, -0.1) is 0 Å². The van der Waals surface area contributed by atoms with Gasteiger partial charge in [-0.3, -0.25) is 4.79 Å². The maximum atomic E-state index is 12.6. The monoisotopic (exact) mass is 365 g/mol. The molecule has 1 aromatic heterocycles. The third-order valence-electron chi connectivity index (χ3n) is 4.95. The Labute approximate surface area is 157 Å². The van der Waals surface area contributed by atoms with Gasteiger partial charge in [-0.25, -0.2) is 4.98 Å². The number of amides is 1. The minimum Gasteiger partial charge on any atom is -0.348 e. The first-order valence-electron chi connectivity index (χ1n) is 9.08. The molecule has 0 spiro atoms. The van der Waals surface area contributed by atoms with Crippen molar-refractivity contribution in [1.29, 1.82) is 0 Å². The maximum absolute atomic E-state index is 12.6. The Bertz CT molecular complexity index is 941. The first-order chi connectivity index (χ1) is 12.6. The highest BCUT2D eigenvalue weighted by molar-refractivity contribution is 7.22. The normalized spacial score (nSPS) is 15.4. The summed E-state index contributed by atoms with van der Waals surface area (Å²) in [4.78, 5) is 19.6. The first-order valence-corrected chi connectivity index (χ1v) is 9.90. The fourth-order valence-corrected chi connectivity index (χ4v) is 4.57. The van der Waals surface area contributed by atoms with E-state index in [1.165, 1.54) is 10.3 Å². The Kier molecular flexibility index (Phi) is 4.64. The third-order valence-corrected chi connectivity index (χ3v) is 6.03. The molecule has 4 rings (SSSR count). The van der Waals surface area contributed by atoms with Gasteiger partial charge in [0.15, 0.2) is 5.13 Å². The highest BCUT2D eigenvalue weighted by Gasteiger charge is 2.26. The number of anilines is 2. The van der Waals surface area contributed by atoms with E-state index in [1.807, 2.05) is 31.2 Å². The van der Waals surface area contributed by atoms with Crippen LogP contribution in [-0.4, -0.2) is 24.0 Å². The lowest BCUT2D eigenvalue weighted by molar-refractivity contribution is -0.120. The number of nitrogens with zero attached hydrogens (tertiary/aromatic N) is 2. The number of aryl methyl sites for hydroxylation is 2. The molecule has 26 heavy (non-hydrogen) atoms. The molecule has 4 nitrogen and oxygen atoms in total. The molecule has 1 fully saturated rings. The van der Waals surface area contributed by atoms with Crippen LogP contribution in [0.1, 0.15) is 24.0 Å². The van der Waals surface area contributed by atoms with Gasteiger partial charge < -0.3 is 10.2 Å². The van der Waals surface area contributed by atoms with Gasteiger partial charge in [0.05, 0.1) is 10.2 Å². The fraction of sp³-hybridized carbons (Fsp3) is 0.333. The highest BCUT2D eigenvalue weighted by Crippen LogP contribution is 2.32. The Hall–Kier alpha value is -2.40. The lowest BCUT2D eigenvalue weighted by atomic mass is 9.96. The SMILES string of the molecule is Cc1cccc(NC(=O)C2CCN(c3nc4ccc(C)cc4s3)CC2)c1. The van der Waals surface area contributed by atoms with Crippen molar-refractivity contribution in [2.75, 3.05) is 23.3 Å². The second-order valence-electron chi connectivity index (χ2n) is 7.09. The molecular weight excluding hydrogens is 342 g/mol. The first kappa shape index (κ1) is 17.0. The van der Waals surface area contributed by atoms with Crippen LogP contribution in [0.3, 0.4) is 0 Å². The van der Waals surface area contributed by atoms with Crippen LogP contribution < -0.4 is 10.2 Å². The number of hydrogen-bond donors (Lipinski definition) is 1. The summed E-state index contributed by atoms with van der Waals surface area (Å²) in [6.45, 7) is 5.90. The summed E-state index contributed by atoms with van der Waals surface area (Å²) in [5, 5.41) is 4.14. The number of aromatic nitrogens is 1. The smallest absolute Gasteiger partial charge is 0.227 e. The molecule has 0 radical (unpaired) electrons. The van der Waals surface area contributed by atoms with Gasteiger partial charge in [0, 0.05) is 24.7 Å². The van der Waals surface area contributed by atoms with Gasteiger partial charge >= 0.3 is 0 Å². The molecule has 2 aromatic carbocycles. The van der Waals surface area contributed by atoms with Crippen LogP contribution in [0.2, 0.25) is 0 Å². The lowest BCUT2D eigenvalue weighted by Gasteiger charge is -2.31. The van der Waals surface area contributed by atoms with Crippen molar-refractivity contribution in [1.82, 2.24) is 4.98 Å². The fourth-order valence-electron chi connectivity index (χ4n) is 3.46. The molecule has 134 valence electrons. The molecule has 0 bridgehead atoms. The summed E-state index contributed by atoms with van der Waals surface area (Å²) in [6, 6.07) is 14.4. The summed E-state index contributed by atoms with van der Waals surface area (Å²) in [5.74, 6) is 0.207. The van der Waals surface area contributed by atoms with E-state index in [0.29, 0.717) is 0 Å². The number of nitrogens with one attached hydrogen (secondary N) is 1. The van der Waals surface area contributed by atoms with E-state index in [0.717, 1.165) is 47.8 Å². The van der Waals surface area contributed by atoms with Crippen LogP contribution >= 0.6 is 11.3 Å². The molecule has 0 saturated carbocycles. The predicted molar refractivity (Wildman–Crippen MR) is 109 cm³/mol. The van der Waals surface area contributed by atoms with Gasteiger partial charge in [0.25, 0.3) is 0 Å². The second kappa shape index (κ2) is 7.08. The van der Waals surface area contributed by atoms with E-state index in [2.05, 4.69) is 35.3 Å². The van der Waals surface area contributed by atoms with Crippen LogP contribution in [0.5, 0.6) is 0 Å². The zero-order valence-electron chi connectivity index (χ0n) is 15.2. The number of fused-ring (bicyclic) bond motifs is 1. The quantitative estimate of drug-likeness (QED) is 0.727. The lowest BCUT2D eigenvalue weighted by Crippen LogP contribution is -2.38. The summed E-state index contributed by atoms with van der Waals surface area (Å²) < 4.78 is 1.24. The van der Waals surface area contributed by atoms with Crippen molar-refractivity contribution in [2.45, 2.75) is 26.7 Å². The number of rotatable bonds is 3. The zero-order valence-corrected chi connectivity index (χ0v) is 16.0. The third kappa shape index (κ3) is 3.58. The molecule has 1 aliphatic rings. The van der Waals surface area contributed by atoms with Gasteiger partial charge in [-0.05, 0) is 62.1 Å². The topological polar surface area (TPSA) is 45.2 Å². The molecule has 1 N–H and O–H groups in total. The molecular formula is C21H23N3OS. The van der Waals surface area contributed by atoms with Crippen molar-refractivity contribution in [3.63, 3.8) is 0 Å². The summed E-state index contributed by atoms with van der Waals surface area (Å²) in [7, 11) is 0. The van der Waals surface area contributed by atoms with E-state index in [-0.39, 0.29) is 11.8 Å². The predicted octanol–water partition coefficient (Wildman–Crippen LogP) is 4.77. The van der Waals surface area contributed by atoms with Crippen LogP contribution in [0.25, 0.3) is 10.2 Å². The molecule has 0 aliphatic carbocycles. The minimum atomic E-state index is 0.0726. The van der Waals surface area contributed by atoms with Crippen LogP contribution in [0.15, 0.2) is 42.5 Å². The van der Waals surface area contributed by atoms with E-state index < -0.39 is 0 Å². The van der Waals surface area contributed by atoms with Gasteiger partial charge in [0.1, 0.15) is 0 Å². The maximum Gasteiger partial charge on any atom is 0.227 e. The molecule has 1 aliphatic heterocycles. The minimum absolute atomic E-state index is 0.0726. The Morgan fingerprint density at radius 1 is 1.12 bits per heavy atom. The average Bonchev–Trinajstić information content (AvgIpc) is 3.05. The van der Waals surface area contributed by atoms with Crippen LogP contribution in [0, 0.1) is 19.8 Å². The molecule has 2 heterocycles. The Morgan fingerprint density at radius 3 is 2.65 bits per heavy atom. The number of hydrogen-bond acceptors (Lipinski definition) is 4. The summed E-state index contributed by atoms with van der Waals surface area (Å²) in [6.07, 6.45) is 1.74. The van der Waals surface area contributed by atoms with Crippen molar-refractivity contribution in [2.24, 2.45) is 5.92 Å². The van der Waals surface area contributed by atoms with Crippen LogP contribution in [0.4, 0.5) is 10.8 Å².